The monoisotopic (exact) mass is 245 g/mol. The number of nitrogen functional groups attached to an aromatic ring is 1. The van der Waals surface area contributed by atoms with Crippen molar-refractivity contribution in [3.05, 3.63) is 41.0 Å². The molecule has 2 rings (SSSR count). The number of benzene rings is 1. The van der Waals surface area contributed by atoms with Crippen LogP contribution in [-0.2, 0) is 6.42 Å². The minimum absolute atomic E-state index is 0.234. The van der Waals surface area contributed by atoms with Crippen LogP contribution in [0.2, 0.25) is 0 Å². The first-order valence-electron chi connectivity index (χ1n) is 5.93. The largest absolute Gasteiger partial charge is 0.383 e. The smallest absolute Gasteiger partial charge is 0.131 e. The first-order chi connectivity index (χ1) is 8.54. The molecule has 1 aromatic carbocycles. The Morgan fingerprint density at radius 1 is 1.17 bits per heavy atom. The van der Waals surface area contributed by atoms with Crippen molar-refractivity contribution in [2.75, 3.05) is 5.73 Å². The predicted octanol–water partition coefficient (Wildman–Crippen LogP) is 3.04. The molecular formula is C14H16FN3. The quantitative estimate of drug-likeness (QED) is 0.884. The van der Waals surface area contributed by atoms with E-state index in [9.17, 15) is 4.39 Å². The predicted molar refractivity (Wildman–Crippen MR) is 70.7 cm³/mol. The van der Waals surface area contributed by atoms with Crippen LogP contribution < -0.4 is 5.73 Å². The molecule has 3 nitrogen and oxygen atoms in total. The van der Waals surface area contributed by atoms with Crippen LogP contribution >= 0.6 is 0 Å². The van der Waals surface area contributed by atoms with Crippen molar-refractivity contribution in [3.63, 3.8) is 0 Å². The van der Waals surface area contributed by atoms with Crippen LogP contribution in [0.5, 0.6) is 0 Å². The Hall–Kier alpha value is -1.97. The van der Waals surface area contributed by atoms with Gasteiger partial charge in [0.1, 0.15) is 17.5 Å². The van der Waals surface area contributed by atoms with Crippen molar-refractivity contribution in [1.82, 2.24) is 9.97 Å². The first kappa shape index (κ1) is 12.5. The van der Waals surface area contributed by atoms with E-state index in [1.807, 2.05) is 19.9 Å². The number of aryl methyl sites for hydroxylation is 1. The lowest BCUT2D eigenvalue weighted by Crippen LogP contribution is -2.05. The number of anilines is 1. The van der Waals surface area contributed by atoms with Crippen LogP contribution in [0.25, 0.3) is 11.3 Å². The minimum atomic E-state index is -0.234. The molecule has 0 saturated heterocycles. The molecule has 2 N–H and O–H groups in total. The maximum atomic E-state index is 13.6. The van der Waals surface area contributed by atoms with Crippen LogP contribution in [0.15, 0.2) is 18.2 Å². The van der Waals surface area contributed by atoms with Crippen LogP contribution in [-0.4, -0.2) is 9.97 Å². The Balaban J connectivity index is 2.70. The summed E-state index contributed by atoms with van der Waals surface area (Å²) in [4.78, 5) is 8.67. The van der Waals surface area contributed by atoms with Crippen LogP contribution in [0.1, 0.15) is 23.9 Å². The van der Waals surface area contributed by atoms with E-state index in [4.69, 9.17) is 5.73 Å². The third-order valence-electron chi connectivity index (χ3n) is 3.07. The summed E-state index contributed by atoms with van der Waals surface area (Å²) in [7, 11) is 0. The van der Waals surface area contributed by atoms with Crippen molar-refractivity contribution in [2.45, 2.75) is 27.2 Å². The van der Waals surface area contributed by atoms with E-state index in [1.54, 1.807) is 13.0 Å². The molecule has 0 aliphatic heterocycles. The Kier molecular flexibility index (Phi) is 3.28. The third kappa shape index (κ3) is 2.06. The Morgan fingerprint density at radius 2 is 1.89 bits per heavy atom. The number of aromatic nitrogens is 2. The highest BCUT2D eigenvalue weighted by Crippen LogP contribution is 2.28. The van der Waals surface area contributed by atoms with Crippen LogP contribution in [0.3, 0.4) is 0 Å². The number of hydrogen-bond acceptors (Lipinski definition) is 3. The van der Waals surface area contributed by atoms with Crippen LogP contribution in [0.4, 0.5) is 10.2 Å². The van der Waals surface area contributed by atoms with Crippen molar-refractivity contribution >= 4 is 5.82 Å². The van der Waals surface area contributed by atoms with Gasteiger partial charge in [-0.15, -0.1) is 0 Å². The second-order valence-corrected chi connectivity index (χ2v) is 4.26. The highest BCUT2D eigenvalue weighted by molar-refractivity contribution is 5.70. The summed E-state index contributed by atoms with van der Waals surface area (Å²) in [6, 6.07) is 4.98. The molecule has 2 aromatic rings. The van der Waals surface area contributed by atoms with Crippen molar-refractivity contribution in [1.29, 1.82) is 0 Å². The molecule has 0 saturated carbocycles. The molecule has 0 aliphatic rings. The maximum absolute atomic E-state index is 13.6. The van der Waals surface area contributed by atoms with Crippen molar-refractivity contribution in [2.24, 2.45) is 0 Å². The molecular weight excluding hydrogens is 229 g/mol. The van der Waals surface area contributed by atoms with E-state index in [-0.39, 0.29) is 5.82 Å². The number of halogens is 1. The molecule has 0 unspecified atom stereocenters. The first-order valence-corrected chi connectivity index (χ1v) is 5.93. The van der Waals surface area contributed by atoms with E-state index in [1.165, 1.54) is 6.07 Å². The molecule has 18 heavy (non-hydrogen) atoms. The van der Waals surface area contributed by atoms with Gasteiger partial charge in [-0.25, -0.2) is 14.4 Å². The van der Waals surface area contributed by atoms with Crippen LogP contribution in [0, 0.1) is 19.7 Å². The van der Waals surface area contributed by atoms with Gasteiger partial charge in [0.05, 0.1) is 5.69 Å². The zero-order chi connectivity index (χ0) is 13.3. The van der Waals surface area contributed by atoms with E-state index >= 15 is 0 Å². The van der Waals surface area contributed by atoms with E-state index < -0.39 is 0 Å². The minimum Gasteiger partial charge on any atom is -0.383 e. The average Bonchev–Trinajstić information content (AvgIpc) is 2.36. The normalized spacial score (nSPS) is 10.7. The molecule has 0 spiro atoms. The zero-order valence-electron chi connectivity index (χ0n) is 10.8. The van der Waals surface area contributed by atoms with Gasteiger partial charge in [0, 0.05) is 17.5 Å². The fraction of sp³-hybridized carbons (Fsp3) is 0.286. The Labute approximate surface area is 106 Å². The number of nitrogens with two attached hydrogens (primary N) is 1. The molecule has 0 fully saturated rings. The van der Waals surface area contributed by atoms with Gasteiger partial charge in [0.2, 0.25) is 0 Å². The van der Waals surface area contributed by atoms with E-state index in [0.717, 1.165) is 16.8 Å². The van der Waals surface area contributed by atoms with Gasteiger partial charge in [0.25, 0.3) is 0 Å². The second kappa shape index (κ2) is 4.72. The van der Waals surface area contributed by atoms with Gasteiger partial charge in [-0.3, -0.25) is 0 Å². The van der Waals surface area contributed by atoms with Crippen molar-refractivity contribution < 1.29 is 4.39 Å². The maximum Gasteiger partial charge on any atom is 0.131 e. The molecule has 0 aliphatic carbocycles. The van der Waals surface area contributed by atoms with Gasteiger partial charge < -0.3 is 5.73 Å². The average molecular weight is 245 g/mol. The van der Waals surface area contributed by atoms with E-state index in [2.05, 4.69) is 9.97 Å². The second-order valence-electron chi connectivity index (χ2n) is 4.26. The molecule has 0 bridgehead atoms. The molecule has 94 valence electrons. The summed E-state index contributed by atoms with van der Waals surface area (Å²) >= 11 is 0. The number of hydrogen-bond donors (Lipinski definition) is 1. The zero-order valence-corrected chi connectivity index (χ0v) is 10.8. The van der Waals surface area contributed by atoms with Gasteiger partial charge in [-0.2, -0.15) is 0 Å². The fourth-order valence-electron chi connectivity index (χ4n) is 1.87. The van der Waals surface area contributed by atoms with E-state index in [0.29, 0.717) is 23.6 Å². The van der Waals surface area contributed by atoms with Gasteiger partial charge in [-0.05, 0) is 25.5 Å². The van der Waals surface area contributed by atoms with Crippen molar-refractivity contribution in [3.8, 4) is 11.3 Å². The Bertz CT molecular complexity index is 594. The lowest BCUT2D eigenvalue weighted by molar-refractivity contribution is 0.619. The summed E-state index contributed by atoms with van der Waals surface area (Å²) in [6.45, 7) is 5.56. The molecule has 1 heterocycles. The van der Waals surface area contributed by atoms with Gasteiger partial charge >= 0.3 is 0 Å². The Morgan fingerprint density at radius 3 is 2.56 bits per heavy atom. The standard InChI is InChI=1S/C14H16FN3/c1-4-12-17-13(9(3)14(16)18-12)10-6-5-7-11(15)8(10)2/h5-7H,4H2,1-3H3,(H2,16,17,18). The lowest BCUT2D eigenvalue weighted by Gasteiger charge is -2.12. The molecule has 0 atom stereocenters. The van der Waals surface area contributed by atoms with Gasteiger partial charge in [-0.1, -0.05) is 19.1 Å². The molecule has 1 aromatic heterocycles. The molecule has 4 heteroatoms. The topological polar surface area (TPSA) is 51.8 Å². The fourth-order valence-corrected chi connectivity index (χ4v) is 1.87. The molecule has 0 radical (unpaired) electrons. The van der Waals surface area contributed by atoms with Gasteiger partial charge in [0.15, 0.2) is 0 Å². The SMILES string of the molecule is CCc1nc(N)c(C)c(-c2cccc(F)c2C)n1. The summed E-state index contributed by atoms with van der Waals surface area (Å²) < 4.78 is 13.6. The summed E-state index contributed by atoms with van der Waals surface area (Å²) in [6.07, 6.45) is 0.700. The third-order valence-corrected chi connectivity index (χ3v) is 3.07. The summed E-state index contributed by atoms with van der Waals surface area (Å²) in [5, 5.41) is 0. The number of rotatable bonds is 2. The lowest BCUT2D eigenvalue weighted by atomic mass is 10.0. The summed E-state index contributed by atoms with van der Waals surface area (Å²) in [5.74, 6) is 0.902. The summed E-state index contributed by atoms with van der Waals surface area (Å²) in [5.41, 5.74) is 8.75. The number of nitrogens with zero attached hydrogens (tertiary/aromatic N) is 2. The highest BCUT2D eigenvalue weighted by Gasteiger charge is 2.13. The molecule has 0 amide bonds. The highest BCUT2D eigenvalue weighted by atomic mass is 19.1.